The van der Waals surface area contributed by atoms with Crippen LogP contribution in [0.3, 0.4) is 0 Å². The van der Waals surface area contributed by atoms with Crippen LogP contribution in [-0.4, -0.2) is 93.2 Å². The fourth-order valence-corrected chi connectivity index (χ4v) is 2.91. The smallest absolute Gasteiger partial charge is 0.410 e. The molecule has 0 aromatic rings. The fourth-order valence-electron chi connectivity index (χ4n) is 2.91. The molecule has 0 bridgehead atoms. The first kappa shape index (κ1) is 16.6. The Morgan fingerprint density at radius 2 is 1.95 bits per heavy atom. The molecule has 0 aromatic heterocycles. The van der Waals surface area contributed by atoms with Crippen molar-refractivity contribution >= 4 is 14.1 Å². The van der Waals surface area contributed by atoms with Crippen LogP contribution in [0, 0.1) is 0 Å². The summed E-state index contributed by atoms with van der Waals surface area (Å²) in [5.41, 5.74) is -0.490. The van der Waals surface area contributed by atoms with Gasteiger partial charge in [-0.05, 0) is 27.4 Å². The lowest BCUT2D eigenvalue weighted by atomic mass is 9.96. The van der Waals surface area contributed by atoms with Crippen molar-refractivity contribution < 1.29 is 9.53 Å². The summed E-state index contributed by atoms with van der Waals surface area (Å²) in [6.45, 7) is 9.75. The molecule has 2 radical (unpaired) electrons. The van der Waals surface area contributed by atoms with E-state index < -0.39 is 5.60 Å². The summed E-state index contributed by atoms with van der Waals surface area (Å²) in [6.07, 6.45) is 0.564. The quantitative estimate of drug-likeness (QED) is 0.737. The standard InChI is InChI=1S/C14H27BN4O2/c1-14(2,10-12-11-19(15)5-4-16-12)21-13(20)18-8-6-17(3)7-9-18/h12,16H,4-11H2,1-3H3. The van der Waals surface area contributed by atoms with Crippen LogP contribution in [0.2, 0.25) is 0 Å². The third-order valence-corrected chi connectivity index (χ3v) is 4.15. The Labute approximate surface area is 129 Å². The van der Waals surface area contributed by atoms with Crippen LogP contribution >= 0.6 is 0 Å². The summed E-state index contributed by atoms with van der Waals surface area (Å²) >= 11 is 0. The van der Waals surface area contributed by atoms with Crippen molar-refractivity contribution in [1.29, 1.82) is 0 Å². The second-order valence-corrected chi connectivity index (χ2v) is 6.77. The number of hydrogen-bond donors (Lipinski definition) is 1. The van der Waals surface area contributed by atoms with E-state index in [-0.39, 0.29) is 12.1 Å². The largest absolute Gasteiger partial charge is 0.443 e. The second-order valence-electron chi connectivity index (χ2n) is 6.77. The highest BCUT2D eigenvalue weighted by molar-refractivity contribution is 6.04. The van der Waals surface area contributed by atoms with E-state index in [0.29, 0.717) is 0 Å². The Hall–Kier alpha value is -0.785. The predicted molar refractivity (Wildman–Crippen MR) is 83.4 cm³/mol. The van der Waals surface area contributed by atoms with Gasteiger partial charge in [0.1, 0.15) is 5.60 Å². The van der Waals surface area contributed by atoms with Gasteiger partial charge in [0.05, 0.1) is 0 Å². The van der Waals surface area contributed by atoms with E-state index in [0.717, 1.165) is 52.2 Å². The van der Waals surface area contributed by atoms with Gasteiger partial charge in [0.15, 0.2) is 7.98 Å². The highest BCUT2D eigenvalue weighted by Crippen LogP contribution is 2.20. The molecular weight excluding hydrogens is 267 g/mol. The Morgan fingerprint density at radius 1 is 1.29 bits per heavy atom. The van der Waals surface area contributed by atoms with Gasteiger partial charge in [-0.3, -0.25) is 0 Å². The monoisotopic (exact) mass is 294 g/mol. The summed E-state index contributed by atoms with van der Waals surface area (Å²) in [6, 6.07) is 0.263. The van der Waals surface area contributed by atoms with Gasteiger partial charge < -0.3 is 24.7 Å². The number of piperazine rings is 2. The van der Waals surface area contributed by atoms with Gasteiger partial charge in [-0.2, -0.15) is 0 Å². The maximum absolute atomic E-state index is 12.3. The van der Waals surface area contributed by atoms with Crippen molar-refractivity contribution in [3.63, 3.8) is 0 Å². The lowest BCUT2D eigenvalue weighted by Gasteiger charge is -2.38. The van der Waals surface area contributed by atoms with Crippen LogP contribution in [0.4, 0.5) is 4.79 Å². The molecule has 118 valence electrons. The molecule has 2 aliphatic rings. The molecule has 2 saturated heterocycles. The third-order valence-electron chi connectivity index (χ3n) is 4.15. The van der Waals surface area contributed by atoms with Crippen molar-refractivity contribution in [3.05, 3.63) is 0 Å². The Bertz CT molecular complexity index is 359. The van der Waals surface area contributed by atoms with Crippen molar-refractivity contribution in [2.45, 2.75) is 31.9 Å². The first-order chi connectivity index (χ1) is 9.85. The van der Waals surface area contributed by atoms with Crippen LogP contribution in [-0.2, 0) is 4.74 Å². The van der Waals surface area contributed by atoms with Crippen molar-refractivity contribution in [3.8, 4) is 0 Å². The third kappa shape index (κ3) is 5.16. The summed E-state index contributed by atoms with van der Waals surface area (Å²) in [7, 11) is 7.92. The summed E-state index contributed by atoms with van der Waals surface area (Å²) in [4.78, 5) is 18.1. The van der Waals surface area contributed by atoms with E-state index in [1.165, 1.54) is 0 Å². The number of nitrogens with zero attached hydrogens (tertiary/aromatic N) is 3. The number of ether oxygens (including phenoxy) is 1. The number of carbonyl (C=O) groups is 1. The van der Waals surface area contributed by atoms with E-state index in [4.69, 9.17) is 12.7 Å². The number of likely N-dealkylation sites (N-methyl/N-ethyl adjacent to an activating group) is 1. The number of rotatable bonds is 3. The molecule has 21 heavy (non-hydrogen) atoms. The average molecular weight is 294 g/mol. The number of nitrogens with one attached hydrogen (secondary N) is 1. The zero-order valence-corrected chi connectivity index (χ0v) is 13.5. The minimum atomic E-state index is -0.490. The summed E-state index contributed by atoms with van der Waals surface area (Å²) < 4.78 is 5.72. The van der Waals surface area contributed by atoms with Crippen LogP contribution < -0.4 is 5.32 Å². The highest BCUT2D eigenvalue weighted by atomic mass is 16.6. The average Bonchev–Trinajstić information content (AvgIpc) is 2.38. The molecule has 0 spiro atoms. The first-order valence-electron chi connectivity index (χ1n) is 7.75. The minimum Gasteiger partial charge on any atom is -0.443 e. The van der Waals surface area contributed by atoms with Gasteiger partial charge >= 0.3 is 6.09 Å². The van der Waals surface area contributed by atoms with E-state index in [9.17, 15) is 4.79 Å². The van der Waals surface area contributed by atoms with Crippen LogP contribution in [0.5, 0.6) is 0 Å². The minimum absolute atomic E-state index is 0.200. The van der Waals surface area contributed by atoms with Crippen molar-refractivity contribution in [2.75, 3.05) is 52.9 Å². The van der Waals surface area contributed by atoms with Gasteiger partial charge in [-0.15, -0.1) is 0 Å². The first-order valence-corrected chi connectivity index (χ1v) is 7.75. The van der Waals surface area contributed by atoms with E-state index in [1.54, 1.807) is 4.90 Å². The number of carbonyl (C=O) groups excluding carboxylic acids is 1. The van der Waals surface area contributed by atoms with E-state index in [1.807, 2.05) is 18.7 Å². The van der Waals surface area contributed by atoms with Crippen LogP contribution in [0.25, 0.3) is 0 Å². The molecule has 2 heterocycles. The molecule has 2 fully saturated rings. The zero-order valence-electron chi connectivity index (χ0n) is 13.5. The highest BCUT2D eigenvalue weighted by Gasteiger charge is 2.31. The topological polar surface area (TPSA) is 48.1 Å². The normalized spacial score (nSPS) is 25.9. The SMILES string of the molecule is [B]N1CCNC(CC(C)(C)OC(=O)N2CCN(C)CC2)C1. The van der Waals surface area contributed by atoms with Crippen LogP contribution in [0.15, 0.2) is 0 Å². The summed E-state index contributed by atoms with van der Waals surface area (Å²) in [5, 5.41) is 3.43. The molecule has 0 aromatic carbocycles. The Morgan fingerprint density at radius 3 is 2.57 bits per heavy atom. The van der Waals surface area contributed by atoms with Gasteiger partial charge in [0.2, 0.25) is 0 Å². The molecule has 6 nitrogen and oxygen atoms in total. The van der Waals surface area contributed by atoms with Gasteiger partial charge in [-0.25, -0.2) is 4.79 Å². The molecule has 1 N–H and O–H groups in total. The lowest BCUT2D eigenvalue weighted by Crippen LogP contribution is -2.53. The van der Waals surface area contributed by atoms with Crippen LogP contribution in [0.1, 0.15) is 20.3 Å². The Kier molecular flexibility index (Phi) is 5.51. The van der Waals surface area contributed by atoms with E-state index in [2.05, 4.69) is 17.3 Å². The maximum Gasteiger partial charge on any atom is 0.410 e. The Balaban J connectivity index is 1.80. The lowest BCUT2D eigenvalue weighted by molar-refractivity contribution is -0.00592. The molecular formula is C14H27BN4O2. The molecule has 2 rings (SSSR count). The molecule has 0 saturated carbocycles. The fraction of sp³-hybridized carbons (Fsp3) is 0.929. The zero-order chi connectivity index (χ0) is 15.5. The van der Waals surface area contributed by atoms with E-state index >= 15 is 0 Å². The second kappa shape index (κ2) is 6.98. The summed E-state index contributed by atoms with van der Waals surface area (Å²) in [5.74, 6) is 0. The van der Waals surface area contributed by atoms with Gasteiger partial charge in [0.25, 0.3) is 0 Å². The molecule has 1 unspecified atom stereocenters. The molecule has 0 aliphatic carbocycles. The van der Waals surface area contributed by atoms with Crippen molar-refractivity contribution in [1.82, 2.24) is 19.9 Å². The maximum atomic E-state index is 12.3. The van der Waals surface area contributed by atoms with Gasteiger partial charge in [0, 0.05) is 51.7 Å². The molecule has 2 aliphatic heterocycles. The molecule has 7 heteroatoms. The molecule has 1 amide bonds. The van der Waals surface area contributed by atoms with Gasteiger partial charge in [-0.1, -0.05) is 0 Å². The predicted octanol–water partition coefficient (Wildman–Crippen LogP) is -0.104. The molecule has 1 atom stereocenters. The number of hydrogen-bond acceptors (Lipinski definition) is 5. The number of amides is 1. The van der Waals surface area contributed by atoms with Crippen molar-refractivity contribution in [2.24, 2.45) is 0 Å².